The molecule has 0 fully saturated rings. The van der Waals surface area contributed by atoms with E-state index in [2.05, 4.69) is 28.4 Å². The molecule has 0 unspecified atom stereocenters. The Morgan fingerprint density at radius 2 is 0.544 bits per heavy atom. The number of esters is 4. The summed E-state index contributed by atoms with van der Waals surface area (Å²) in [4.78, 5) is 71.0. The van der Waals surface area contributed by atoms with Gasteiger partial charge in [-0.2, -0.15) is 39.5 Å². The summed E-state index contributed by atoms with van der Waals surface area (Å²) in [6, 6.07) is 0. The van der Waals surface area contributed by atoms with E-state index in [0.717, 1.165) is 0 Å². The molecule has 0 aromatic carbocycles. The maximum absolute atomic E-state index is 13.5. The van der Waals surface area contributed by atoms with Gasteiger partial charge in [-0.1, -0.05) is 0 Å². The predicted octanol–water partition coefficient (Wildman–Crippen LogP) is 5.96. The molecule has 0 bridgehead atoms. The molecule has 0 spiro atoms. The van der Waals surface area contributed by atoms with E-state index in [1.807, 2.05) is 0 Å². The summed E-state index contributed by atoms with van der Waals surface area (Å²) in [6.07, 6.45) is -13.4. The van der Waals surface area contributed by atoms with Crippen LogP contribution in [0.5, 0.6) is 0 Å². The molecule has 330 valence electrons. The molecule has 0 amide bonds. The van der Waals surface area contributed by atoms with E-state index in [1.54, 1.807) is 0 Å². The Kier molecular flexibility index (Phi) is 19.5. The molecule has 0 N–H and O–H groups in total. The molecule has 0 saturated heterocycles. The van der Waals surface area contributed by atoms with E-state index in [0.29, 0.717) is 0 Å². The Hall–Kier alpha value is -7.64. The number of hydrogen-bond donors (Lipinski definition) is 0. The van der Waals surface area contributed by atoms with Crippen LogP contribution in [0.25, 0.3) is 0 Å². The maximum atomic E-state index is 13.5. The zero-order chi connectivity index (χ0) is 44.3. The van der Waals surface area contributed by atoms with E-state index in [9.17, 15) is 99.0 Å². The third-order valence-electron chi connectivity index (χ3n) is 5.45. The van der Waals surface area contributed by atoms with Gasteiger partial charge in [0.05, 0.1) is 0 Å². The minimum absolute atomic E-state index is 1.56. The Balaban J connectivity index is 7.37. The Morgan fingerprint density at radius 3 is 0.737 bits per heavy atom. The summed E-state index contributed by atoms with van der Waals surface area (Å²) in [6.45, 7) is -22.3. The fourth-order valence-corrected chi connectivity index (χ4v) is 4.55. The van der Waals surface area contributed by atoms with Crippen LogP contribution in [0.3, 0.4) is 0 Å². The molecule has 0 saturated carbocycles. The van der Waals surface area contributed by atoms with Gasteiger partial charge < -0.3 is 0 Å². The molecule has 0 rings (SSSR count). The van der Waals surface area contributed by atoms with E-state index >= 15 is 0 Å². The van der Waals surface area contributed by atoms with Crippen molar-refractivity contribution in [1.82, 2.24) is 0 Å². The molecule has 0 atom stereocenters. The quantitative estimate of drug-likeness (QED) is 0.0541. The Labute approximate surface area is 295 Å². The first-order valence-electron chi connectivity index (χ1n) is 13.2. The first-order valence-corrected chi connectivity index (χ1v) is 18.5. The van der Waals surface area contributed by atoms with Gasteiger partial charge in [0.2, 0.25) is 0 Å². The molecule has 0 aromatic rings. The molecule has 0 heterocycles. The Bertz CT molecular complexity index is 1580. The average Bonchev–Trinajstić information content (AvgIpc) is 3.12. The first-order chi connectivity index (χ1) is 26.3. The van der Waals surface area contributed by atoms with Crippen LogP contribution in [0, 0.1) is 10.8 Å². The zero-order valence-corrected chi connectivity index (χ0v) is 31.9. The van der Waals surface area contributed by atoms with Gasteiger partial charge in [-0.3, -0.25) is 0 Å². The van der Waals surface area contributed by atoms with Crippen molar-refractivity contribution >= 4 is 50.7 Å². The normalized spacial score (nSPS) is 10.7. The van der Waals surface area contributed by atoms with Gasteiger partial charge in [-0.25, -0.2) is 0 Å². The molecule has 0 aliphatic heterocycles. The topological polar surface area (TPSA) is 167 Å². The fraction of sp³-hybridized carbons (Fsp3) is 0.385. The Morgan fingerprint density at radius 1 is 0.333 bits per heavy atom. The zero-order valence-electron chi connectivity index (χ0n) is 26.6. The van der Waals surface area contributed by atoms with Gasteiger partial charge in [0.25, 0.3) is 0 Å². The van der Waals surface area contributed by atoms with Gasteiger partial charge >= 0.3 is 255 Å². The summed E-state index contributed by atoms with van der Waals surface area (Å²) in [7, 11) is 0. The van der Waals surface area contributed by atoms with Crippen molar-refractivity contribution in [3.05, 3.63) is 47.6 Å². The minimum atomic E-state index is -3.37. The van der Waals surface area contributed by atoms with Gasteiger partial charge in [-0.15, -0.1) is 0 Å². The summed E-state index contributed by atoms with van der Waals surface area (Å²) in [5.41, 5.74) is -5.84. The third kappa shape index (κ3) is 17.8. The van der Waals surface area contributed by atoms with Crippen LogP contribution in [-0.4, -0.2) is 104 Å². The summed E-state index contributed by atoms with van der Waals surface area (Å²) >= 11 is 0. The van der Waals surface area contributed by atoms with Gasteiger partial charge in [0.15, 0.2) is 0 Å². The van der Waals surface area contributed by atoms with Crippen molar-refractivity contribution in [3.63, 3.8) is 0 Å². The number of hydrogen-bond acceptors (Lipinski definition) is 13. The average molecular weight is 1340 g/mol. The van der Waals surface area contributed by atoms with Crippen LogP contribution in [0.15, 0.2) is 47.6 Å². The molecule has 13 nitrogen and oxygen atoms in total. The van der Waals surface area contributed by atoms with E-state index in [-0.39, 0.29) is 0 Å². The molecule has 0 aliphatic rings. The van der Waals surface area contributed by atoms with Crippen LogP contribution >= 0.6 is 0 Å². The molecule has 31 heteroatoms. The predicted molar refractivity (Wildman–Crippen MR) is 138 cm³/mol. The monoisotopic (exact) mass is 1340 g/mol. The molecule has 0 aliphatic carbocycles. The first kappa shape index (κ1) is 49.4. The van der Waals surface area contributed by atoms with Crippen molar-refractivity contribution < 1.29 is 132 Å². The number of rotatable bonds is 22. The standard InChI is InChI=1S/C24H16F12O13.2CF2.2Cf/c25-11(15(29)30)19(39)46-5-23(3-44-9-37,4-45-10-38)1-43-2-24(6-47-20(40)12(26)16(31)32,7-48-21(41)13(27)17(33)34)8-49-22(42)14(28)18(35)36;2*2-1-3;;/h1-8H2;;;;. The second-order valence-corrected chi connectivity index (χ2v) is 15.1. The van der Waals surface area contributed by atoms with Crippen LogP contribution in [-0.2, 0) is 52.3 Å². The van der Waals surface area contributed by atoms with Crippen LogP contribution in [0.1, 0.15) is 0 Å². The van der Waals surface area contributed by atoms with Crippen LogP contribution in [0.2, 0.25) is 0 Å². The fourth-order valence-electron chi connectivity index (χ4n) is 2.97. The second-order valence-electron chi connectivity index (χ2n) is 9.64. The van der Waals surface area contributed by atoms with Crippen LogP contribution < -0.4 is 0 Å². The van der Waals surface area contributed by atoms with Crippen molar-refractivity contribution in [3.8, 4) is 0 Å². The van der Waals surface area contributed by atoms with E-state index in [1.165, 1.54) is 0 Å². The van der Waals surface area contributed by atoms with Crippen molar-refractivity contribution in [1.29, 1.82) is 0 Å². The number of carbonyl (C=O) groups excluding carboxylic acids is 6. The third-order valence-corrected chi connectivity index (χ3v) is 8.28. The molecule has 57 heavy (non-hydrogen) atoms. The summed E-state index contributed by atoms with van der Waals surface area (Å²) in [5.74, 6) is -22.4. The van der Waals surface area contributed by atoms with Crippen molar-refractivity contribution in [2.24, 2.45) is 10.8 Å². The van der Waals surface area contributed by atoms with Crippen molar-refractivity contribution in [2.45, 2.75) is 0 Å². The molecule has 0 aromatic heterocycles. The SMILES string of the molecule is O=[C](OCC(COCC(COC(=O)C(F)=C(F)F)(COC(=O)C(F)=C(F)F)COC(=O)C(F)=C(F)F)(CO[C](=O)[Cf]=[C](F)F)COC(=O)C(F)=C(F)F)[Cf]=[C](F)F. The molecule has 0 radical (unpaired) electrons. The summed E-state index contributed by atoms with van der Waals surface area (Å²) in [5, 5.41) is 0. The van der Waals surface area contributed by atoms with Gasteiger partial charge in [0.1, 0.15) is 0 Å². The van der Waals surface area contributed by atoms with Crippen molar-refractivity contribution in [2.75, 3.05) is 52.9 Å². The summed E-state index contributed by atoms with van der Waals surface area (Å²) < 4.78 is 230. The number of carbonyl (C=O) groups is 6. The number of halogens is 16. The van der Waals surface area contributed by atoms with Crippen LogP contribution in [0.4, 0.5) is 79.8 Å². The second kappa shape index (κ2) is 22.5. The van der Waals surface area contributed by atoms with E-state index < -0.39 is 162 Å². The number of ether oxygens (including phenoxy) is 7. The molecular weight excluding hydrogens is 1330 g/mol. The van der Waals surface area contributed by atoms with Gasteiger partial charge in [0, 0.05) is 0 Å². The molecular formula is C26H16Cf2F16O13. The van der Waals surface area contributed by atoms with E-state index in [4.69, 9.17) is 4.74 Å². The van der Waals surface area contributed by atoms with Gasteiger partial charge in [-0.05, 0) is 0 Å².